The minimum absolute atomic E-state index is 0. The molecule has 0 spiro atoms. The normalized spacial score (nSPS) is 12.6. The molecule has 0 amide bonds. The van der Waals surface area contributed by atoms with Crippen LogP contribution in [0.15, 0.2) is 12.7 Å². The highest BCUT2D eigenvalue weighted by Gasteiger charge is 2.25. The average Bonchev–Trinajstić information content (AvgIpc) is 2.04. The van der Waals surface area contributed by atoms with Crippen molar-refractivity contribution in [2.75, 3.05) is 20.6 Å². The second kappa shape index (κ2) is 7.01. The predicted molar refractivity (Wildman–Crippen MR) is 53.0 cm³/mol. The number of hydrogen-bond acceptors (Lipinski definition) is 2. The molecule has 0 aliphatic rings. The van der Waals surface area contributed by atoms with Crippen molar-refractivity contribution in [2.45, 2.75) is 26.5 Å². The molecule has 0 aromatic rings. The molecule has 0 aliphatic carbocycles. The van der Waals surface area contributed by atoms with E-state index in [1.54, 1.807) is 0 Å². The molecule has 84 valence electrons. The van der Waals surface area contributed by atoms with Gasteiger partial charge < -0.3 is 21.7 Å². The van der Waals surface area contributed by atoms with Gasteiger partial charge in [0.15, 0.2) is 0 Å². The number of halogens is 1. The fourth-order valence-electron chi connectivity index (χ4n) is 1.12. The van der Waals surface area contributed by atoms with E-state index in [9.17, 15) is 4.79 Å². The van der Waals surface area contributed by atoms with Crippen LogP contribution in [0.5, 0.6) is 0 Å². The van der Waals surface area contributed by atoms with E-state index < -0.39 is 0 Å². The van der Waals surface area contributed by atoms with Crippen LogP contribution in [0.1, 0.15) is 20.3 Å². The van der Waals surface area contributed by atoms with E-state index in [0.717, 1.165) is 13.0 Å². The molecule has 0 radical (unpaired) electrons. The van der Waals surface area contributed by atoms with Crippen molar-refractivity contribution >= 4 is 5.97 Å². The van der Waals surface area contributed by atoms with Gasteiger partial charge in [0.25, 0.3) is 0 Å². The van der Waals surface area contributed by atoms with Crippen molar-refractivity contribution in [1.82, 2.24) is 0 Å². The van der Waals surface area contributed by atoms with Crippen LogP contribution >= 0.6 is 0 Å². The van der Waals surface area contributed by atoms with Gasteiger partial charge in [-0.1, -0.05) is 13.5 Å². The van der Waals surface area contributed by atoms with E-state index in [4.69, 9.17) is 4.74 Å². The second-order valence-electron chi connectivity index (χ2n) is 3.74. The van der Waals surface area contributed by atoms with Crippen molar-refractivity contribution < 1.29 is 31.0 Å². The minimum atomic E-state index is -0.352. The van der Waals surface area contributed by atoms with Crippen LogP contribution in [-0.2, 0) is 9.53 Å². The average molecular weight is 266 g/mol. The topological polar surface area (TPSA) is 26.3 Å². The zero-order chi connectivity index (χ0) is 10.5. The summed E-state index contributed by atoms with van der Waals surface area (Å²) in [6.45, 7) is 8.36. The molecule has 0 aliphatic heterocycles. The Balaban J connectivity index is 0. The zero-order valence-electron chi connectivity index (χ0n) is 9.42. The molecule has 0 saturated carbocycles. The van der Waals surface area contributed by atoms with E-state index in [0.29, 0.717) is 4.48 Å². The third-order valence-electron chi connectivity index (χ3n) is 2.24. The van der Waals surface area contributed by atoms with Crippen molar-refractivity contribution in [3.63, 3.8) is 0 Å². The van der Waals surface area contributed by atoms with Gasteiger partial charge in [-0.2, -0.15) is 0 Å². The van der Waals surface area contributed by atoms with Crippen molar-refractivity contribution in [3.8, 4) is 0 Å². The van der Waals surface area contributed by atoms with Gasteiger partial charge in [-0.3, -0.25) is 4.48 Å². The Morgan fingerprint density at radius 3 is 2.43 bits per heavy atom. The molecule has 0 rings (SSSR count). The number of quaternary nitrogens is 1. The summed E-state index contributed by atoms with van der Waals surface area (Å²) in [5.74, 6) is -0.352. The Bertz CT molecular complexity index is 193. The summed E-state index contributed by atoms with van der Waals surface area (Å²) in [6.07, 6.45) is 2.15. The van der Waals surface area contributed by atoms with Crippen molar-refractivity contribution in [3.05, 3.63) is 12.7 Å². The smallest absolute Gasteiger partial charge is 0.334 e. The second-order valence-corrected chi connectivity index (χ2v) is 3.74. The predicted octanol–water partition coefficient (Wildman–Crippen LogP) is -1.45. The third-order valence-corrected chi connectivity index (χ3v) is 2.24. The number of esters is 1. The van der Waals surface area contributed by atoms with Crippen LogP contribution in [0.4, 0.5) is 0 Å². The molecule has 0 bridgehead atoms. The van der Waals surface area contributed by atoms with Gasteiger partial charge in [-0.25, -0.2) is 4.79 Å². The van der Waals surface area contributed by atoms with Crippen LogP contribution < -0.4 is 17.0 Å². The molecule has 0 aromatic carbocycles. The lowest BCUT2D eigenvalue weighted by Crippen LogP contribution is -3.00. The number of hydrogen-bond donors (Lipinski definition) is 0. The van der Waals surface area contributed by atoms with E-state index in [-0.39, 0.29) is 29.2 Å². The Hall–Kier alpha value is -0.350. The Morgan fingerprint density at radius 2 is 2.07 bits per heavy atom. The Morgan fingerprint density at radius 1 is 1.57 bits per heavy atom. The highest BCUT2D eigenvalue weighted by molar-refractivity contribution is 5.81. The number of carbonyl (C=O) groups is 1. The van der Waals surface area contributed by atoms with Crippen LogP contribution in [0.25, 0.3) is 0 Å². The standard InChI is InChI=1S/C10H20NO2.BrH/c1-6-8-11(4,5)9(3)13-10(12)7-2;/h7,9H,2,6,8H2,1,3-5H3;1H/q+1;/p-1. The first kappa shape index (κ1) is 16.1. The largest absolute Gasteiger partial charge is 1.00 e. The van der Waals surface area contributed by atoms with Gasteiger partial charge in [-0.15, -0.1) is 0 Å². The molecular weight excluding hydrogens is 246 g/mol. The monoisotopic (exact) mass is 265 g/mol. The summed E-state index contributed by atoms with van der Waals surface area (Å²) in [6, 6.07) is 0. The Labute approximate surface area is 97.1 Å². The highest BCUT2D eigenvalue weighted by Crippen LogP contribution is 2.09. The fraction of sp³-hybridized carbons (Fsp3) is 0.700. The van der Waals surface area contributed by atoms with Crippen LogP contribution in [0.2, 0.25) is 0 Å². The summed E-state index contributed by atoms with van der Waals surface area (Å²) >= 11 is 0. The van der Waals surface area contributed by atoms with Crippen LogP contribution in [0, 0.1) is 0 Å². The summed E-state index contributed by atoms with van der Waals surface area (Å²) < 4.78 is 5.82. The number of rotatable bonds is 5. The molecule has 3 nitrogen and oxygen atoms in total. The molecule has 0 fully saturated rings. The maximum atomic E-state index is 10.9. The molecule has 0 saturated heterocycles. The minimum Gasteiger partial charge on any atom is -1.00 e. The molecule has 0 heterocycles. The van der Waals surface area contributed by atoms with Gasteiger partial charge in [0.05, 0.1) is 20.6 Å². The van der Waals surface area contributed by atoms with Gasteiger partial charge in [0.2, 0.25) is 6.23 Å². The zero-order valence-corrected chi connectivity index (χ0v) is 11.0. The van der Waals surface area contributed by atoms with Gasteiger partial charge in [-0.05, 0) is 6.42 Å². The van der Waals surface area contributed by atoms with E-state index >= 15 is 0 Å². The molecule has 14 heavy (non-hydrogen) atoms. The first-order valence-corrected chi connectivity index (χ1v) is 4.59. The first-order chi connectivity index (χ1) is 5.94. The number of ether oxygens (including phenoxy) is 1. The third kappa shape index (κ3) is 5.40. The SMILES string of the molecule is C=CC(=O)OC(C)[N+](C)(C)CCC.[Br-]. The molecular formula is C10H20BrNO2. The van der Waals surface area contributed by atoms with Gasteiger partial charge in [0, 0.05) is 13.0 Å². The van der Waals surface area contributed by atoms with E-state index in [1.807, 2.05) is 21.0 Å². The van der Waals surface area contributed by atoms with E-state index in [1.165, 1.54) is 6.08 Å². The summed E-state index contributed by atoms with van der Waals surface area (Å²) in [7, 11) is 4.09. The maximum Gasteiger partial charge on any atom is 0.334 e. The number of carbonyl (C=O) groups excluding carboxylic acids is 1. The lowest BCUT2D eigenvalue weighted by molar-refractivity contribution is -0.932. The van der Waals surface area contributed by atoms with Crippen molar-refractivity contribution in [1.29, 1.82) is 0 Å². The highest BCUT2D eigenvalue weighted by atomic mass is 79.9. The van der Waals surface area contributed by atoms with Gasteiger partial charge >= 0.3 is 5.97 Å². The molecule has 0 aromatic heterocycles. The van der Waals surface area contributed by atoms with Crippen molar-refractivity contribution in [2.24, 2.45) is 0 Å². The molecule has 4 heteroatoms. The van der Waals surface area contributed by atoms with Crippen LogP contribution in [-0.4, -0.2) is 37.3 Å². The molecule has 1 atom stereocenters. The Kier molecular flexibility index (Phi) is 8.06. The van der Waals surface area contributed by atoms with Gasteiger partial charge in [0.1, 0.15) is 0 Å². The molecule has 0 N–H and O–H groups in total. The molecule has 1 unspecified atom stereocenters. The fourth-order valence-corrected chi connectivity index (χ4v) is 1.12. The maximum absolute atomic E-state index is 10.9. The summed E-state index contributed by atoms with van der Waals surface area (Å²) in [5.41, 5.74) is 0. The lowest BCUT2D eigenvalue weighted by atomic mass is 10.3. The summed E-state index contributed by atoms with van der Waals surface area (Å²) in [4.78, 5) is 10.9. The summed E-state index contributed by atoms with van der Waals surface area (Å²) in [5, 5.41) is 0. The van der Waals surface area contributed by atoms with E-state index in [2.05, 4.69) is 13.5 Å². The lowest BCUT2D eigenvalue weighted by Gasteiger charge is -2.34. The number of nitrogens with zero attached hydrogens (tertiary/aromatic N) is 1. The van der Waals surface area contributed by atoms with Crippen LogP contribution in [0.3, 0.4) is 0 Å². The first-order valence-electron chi connectivity index (χ1n) is 4.59. The quantitative estimate of drug-likeness (QED) is 0.263.